The summed E-state index contributed by atoms with van der Waals surface area (Å²) < 4.78 is 21.2. The molecule has 3 heterocycles. The number of para-hydroxylation sites is 2. The maximum absolute atomic E-state index is 13.8. The Morgan fingerprint density at radius 1 is 1.12 bits per heavy atom. The molecule has 0 spiro atoms. The molecule has 0 bridgehead atoms. The number of halogens is 2. The maximum atomic E-state index is 13.8. The monoisotopic (exact) mass is 511 g/mol. The first kappa shape index (κ1) is 22.3. The Labute approximate surface area is 206 Å². The predicted octanol–water partition coefficient (Wildman–Crippen LogP) is 6.32. The van der Waals surface area contributed by atoms with Crippen LogP contribution < -0.4 is 5.32 Å². The summed E-state index contributed by atoms with van der Waals surface area (Å²) in [5.74, 6) is 0.536. The highest BCUT2D eigenvalue weighted by molar-refractivity contribution is 7.98. The summed E-state index contributed by atoms with van der Waals surface area (Å²) in [6.07, 6.45) is 1.57. The van der Waals surface area contributed by atoms with Crippen LogP contribution in [0.1, 0.15) is 15.5 Å². The van der Waals surface area contributed by atoms with Crippen molar-refractivity contribution >= 4 is 46.3 Å². The van der Waals surface area contributed by atoms with Gasteiger partial charge in [0.25, 0.3) is 5.91 Å². The maximum Gasteiger partial charge on any atom is 0.275 e. The highest BCUT2D eigenvalue weighted by Gasteiger charge is 2.20. The van der Waals surface area contributed by atoms with Crippen LogP contribution in [0.5, 0.6) is 0 Å². The van der Waals surface area contributed by atoms with Crippen molar-refractivity contribution in [3.63, 3.8) is 0 Å². The van der Waals surface area contributed by atoms with Crippen molar-refractivity contribution in [3.8, 4) is 17.3 Å². The quantitative estimate of drug-likeness (QED) is 0.257. The molecule has 0 aliphatic heterocycles. The molecule has 0 aliphatic carbocycles. The molecule has 1 N–H and O–H groups in total. The number of furan rings is 1. The average Bonchev–Trinajstić information content (AvgIpc) is 3.60. The van der Waals surface area contributed by atoms with Crippen molar-refractivity contribution in [3.05, 3.63) is 93.8 Å². The number of amides is 1. The van der Waals surface area contributed by atoms with Crippen molar-refractivity contribution in [2.24, 2.45) is 0 Å². The van der Waals surface area contributed by atoms with Crippen LogP contribution in [-0.2, 0) is 5.75 Å². The third-order valence-electron chi connectivity index (χ3n) is 4.70. The first-order chi connectivity index (χ1) is 16.6. The standard InChI is InChI=1S/C23H15ClFN5O2S2/c24-14-6-1-4-9-18(14)30-21(19-10-5-11-32-19)28-29-23(30)34-13-20-26-17(12-33-20)22(31)27-16-8-3-2-7-15(16)25/h1-12H,13H2,(H,27,31). The van der Waals surface area contributed by atoms with Gasteiger partial charge in [0.15, 0.2) is 10.9 Å². The number of thiazole rings is 1. The molecule has 1 amide bonds. The smallest absolute Gasteiger partial charge is 0.275 e. The third-order valence-corrected chi connectivity index (χ3v) is 6.99. The molecule has 0 aliphatic rings. The van der Waals surface area contributed by atoms with Gasteiger partial charge in [0, 0.05) is 5.38 Å². The van der Waals surface area contributed by atoms with E-state index in [1.807, 2.05) is 22.8 Å². The predicted molar refractivity (Wildman–Crippen MR) is 130 cm³/mol. The summed E-state index contributed by atoms with van der Waals surface area (Å²) in [6.45, 7) is 0. The lowest BCUT2D eigenvalue weighted by atomic mass is 10.3. The summed E-state index contributed by atoms with van der Waals surface area (Å²) >= 11 is 9.19. The topological polar surface area (TPSA) is 85.8 Å². The van der Waals surface area contributed by atoms with Gasteiger partial charge in [0.1, 0.15) is 16.5 Å². The summed E-state index contributed by atoms with van der Waals surface area (Å²) in [6, 6.07) is 16.9. The van der Waals surface area contributed by atoms with E-state index in [-0.39, 0.29) is 11.4 Å². The van der Waals surface area contributed by atoms with E-state index in [2.05, 4.69) is 20.5 Å². The lowest BCUT2D eigenvalue weighted by Crippen LogP contribution is -2.13. The number of benzene rings is 2. The molecule has 0 radical (unpaired) electrons. The van der Waals surface area contributed by atoms with E-state index in [0.717, 1.165) is 0 Å². The first-order valence-corrected chi connectivity index (χ1v) is 12.2. The van der Waals surface area contributed by atoms with Crippen LogP contribution in [0.2, 0.25) is 5.02 Å². The molecule has 11 heteroatoms. The van der Waals surface area contributed by atoms with E-state index in [4.69, 9.17) is 16.0 Å². The molecule has 2 aromatic carbocycles. The Hall–Kier alpha value is -3.47. The van der Waals surface area contributed by atoms with E-state index >= 15 is 0 Å². The van der Waals surface area contributed by atoms with E-state index in [0.29, 0.717) is 38.2 Å². The van der Waals surface area contributed by atoms with Crippen LogP contribution in [0.3, 0.4) is 0 Å². The number of rotatable bonds is 7. The average molecular weight is 512 g/mol. The number of thioether (sulfide) groups is 1. The lowest BCUT2D eigenvalue weighted by Gasteiger charge is -2.10. The van der Waals surface area contributed by atoms with Crippen LogP contribution in [0, 0.1) is 5.82 Å². The van der Waals surface area contributed by atoms with Crippen molar-refractivity contribution in [1.82, 2.24) is 19.7 Å². The molecular weight excluding hydrogens is 497 g/mol. The van der Waals surface area contributed by atoms with Gasteiger partial charge < -0.3 is 9.73 Å². The summed E-state index contributed by atoms with van der Waals surface area (Å²) in [4.78, 5) is 16.9. The Morgan fingerprint density at radius 2 is 1.94 bits per heavy atom. The number of carbonyl (C=O) groups excluding carboxylic acids is 1. The molecule has 34 heavy (non-hydrogen) atoms. The zero-order chi connectivity index (χ0) is 23.5. The van der Waals surface area contributed by atoms with E-state index in [1.165, 1.54) is 35.2 Å². The van der Waals surface area contributed by atoms with E-state index in [9.17, 15) is 9.18 Å². The number of nitrogens with zero attached hydrogens (tertiary/aromatic N) is 4. The molecule has 5 rings (SSSR count). The molecule has 0 fully saturated rings. The normalized spacial score (nSPS) is 11.0. The van der Waals surface area contributed by atoms with Gasteiger partial charge in [-0.2, -0.15) is 0 Å². The van der Waals surface area contributed by atoms with Crippen LogP contribution in [0.25, 0.3) is 17.3 Å². The number of hydrogen-bond donors (Lipinski definition) is 1. The van der Waals surface area contributed by atoms with Crippen LogP contribution in [0.15, 0.2) is 81.9 Å². The zero-order valence-electron chi connectivity index (χ0n) is 17.3. The molecule has 0 saturated heterocycles. The van der Waals surface area contributed by atoms with Crippen molar-refractivity contribution in [1.29, 1.82) is 0 Å². The molecular formula is C23H15ClFN5O2S2. The lowest BCUT2D eigenvalue weighted by molar-refractivity contribution is 0.102. The minimum absolute atomic E-state index is 0.106. The molecule has 0 unspecified atom stereocenters. The SMILES string of the molecule is O=C(Nc1ccccc1F)c1csc(CSc2nnc(-c3ccco3)n2-c2ccccc2Cl)n1. The fourth-order valence-corrected chi connectivity index (χ4v) is 5.09. The number of hydrogen-bond acceptors (Lipinski definition) is 7. The zero-order valence-corrected chi connectivity index (χ0v) is 19.7. The van der Waals surface area contributed by atoms with Crippen LogP contribution in [-0.4, -0.2) is 25.7 Å². The Balaban J connectivity index is 1.36. The third kappa shape index (κ3) is 4.60. The molecule has 0 saturated carbocycles. The number of carbonyl (C=O) groups is 1. The molecule has 170 valence electrons. The Morgan fingerprint density at radius 3 is 2.74 bits per heavy atom. The van der Waals surface area contributed by atoms with Gasteiger partial charge in [-0.05, 0) is 36.4 Å². The van der Waals surface area contributed by atoms with Crippen LogP contribution >= 0.6 is 34.7 Å². The minimum Gasteiger partial charge on any atom is -0.461 e. The van der Waals surface area contributed by atoms with Gasteiger partial charge >= 0.3 is 0 Å². The number of anilines is 1. The van der Waals surface area contributed by atoms with Crippen molar-refractivity contribution in [2.75, 3.05) is 5.32 Å². The van der Waals surface area contributed by atoms with Gasteiger partial charge in [-0.25, -0.2) is 9.37 Å². The van der Waals surface area contributed by atoms with E-state index < -0.39 is 11.7 Å². The molecule has 7 nitrogen and oxygen atoms in total. The highest BCUT2D eigenvalue weighted by Crippen LogP contribution is 2.33. The van der Waals surface area contributed by atoms with Gasteiger partial charge in [-0.15, -0.1) is 21.5 Å². The largest absolute Gasteiger partial charge is 0.461 e. The molecule has 5 aromatic rings. The van der Waals surface area contributed by atoms with Gasteiger partial charge in [0.2, 0.25) is 5.82 Å². The summed E-state index contributed by atoms with van der Waals surface area (Å²) in [5.41, 5.74) is 1.04. The first-order valence-electron chi connectivity index (χ1n) is 9.97. The number of aromatic nitrogens is 4. The van der Waals surface area contributed by atoms with Crippen molar-refractivity contribution < 1.29 is 13.6 Å². The molecule has 0 atom stereocenters. The van der Waals surface area contributed by atoms with E-state index in [1.54, 1.807) is 42.0 Å². The highest BCUT2D eigenvalue weighted by atomic mass is 35.5. The second-order valence-corrected chi connectivity index (χ2v) is 9.21. The van der Waals surface area contributed by atoms with Gasteiger partial charge in [-0.3, -0.25) is 9.36 Å². The second kappa shape index (κ2) is 9.80. The van der Waals surface area contributed by atoms with Crippen molar-refractivity contribution in [2.45, 2.75) is 10.9 Å². The minimum atomic E-state index is -0.506. The van der Waals surface area contributed by atoms with Gasteiger partial charge in [-0.1, -0.05) is 47.6 Å². The Bertz CT molecular complexity index is 1450. The fourth-order valence-electron chi connectivity index (χ4n) is 3.14. The summed E-state index contributed by atoms with van der Waals surface area (Å²) in [5, 5.41) is 14.6. The summed E-state index contributed by atoms with van der Waals surface area (Å²) in [7, 11) is 0. The molecule has 3 aromatic heterocycles. The second-order valence-electron chi connectivity index (χ2n) is 6.92. The Kier molecular flexibility index (Phi) is 6.43. The van der Waals surface area contributed by atoms with Crippen LogP contribution in [0.4, 0.5) is 10.1 Å². The van der Waals surface area contributed by atoms with Gasteiger partial charge in [0.05, 0.1) is 28.4 Å². The number of nitrogens with one attached hydrogen (secondary N) is 1. The fraction of sp³-hybridized carbons (Fsp3) is 0.0435.